The lowest BCUT2D eigenvalue weighted by atomic mass is 10.3. The summed E-state index contributed by atoms with van der Waals surface area (Å²) in [5.41, 5.74) is 0. The Bertz CT molecular complexity index is 798. The summed E-state index contributed by atoms with van der Waals surface area (Å²) in [4.78, 5) is 0. The van der Waals surface area contributed by atoms with Crippen molar-refractivity contribution in [3.63, 3.8) is 0 Å². The van der Waals surface area contributed by atoms with Crippen molar-refractivity contribution >= 4 is 23.2 Å². The van der Waals surface area contributed by atoms with Crippen molar-refractivity contribution in [1.82, 2.24) is 0 Å². The maximum absolute atomic E-state index is 5.38. The van der Waals surface area contributed by atoms with E-state index < -0.39 is 7.26 Å². The fraction of sp³-hybridized carbons (Fsp3) is 0.167. The van der Waals surface area contributed by atoms with Crippen molar-refractivity contribution in [2.45, 2.75) is 6.92 Å². The monoisotopic (exact) mass is 393 g/mol. The summed E-state index contributed by atoms with van der Waals surface area (Å²) < 4.78 is 16.1. The number of hydrogen-bond donors (Lipinski definition) is 0. The number of rotatable bonds is 7. The molecule has 0 aliphatic carbocycles. The predicted octanol–water partition coefficient (Wildman–Crippen LogP) is 4.54. The maximum Gasteiger partial charge on any atom is 0.136 e. The van der Waals surface area contributed by atoms with Crippen LogP contribution in [0.15, 0.2) is 84.7 Å². The van der Waals surface area contributed by atoms with Crippen LogP contribution in [0.2, 0.25) is 0 Å². The number of benzene rings is 3. The van der Waals surface area contributed by atoms with E-state index in [1.807, 2.05) is 36.4 Å². The Kier molecular flexibility index (Phi) is 6.38. The molecule has 0 saturated carbocycles. The summed E-state index contributed by atoms with van der Waals surface area (Å²) in [6.45, 7) is 2.07. The molecule has 0 N–H and O–H groups in total. The highest BCUT2D eigenvalue weighted by Crippen LogP contribution is 2.57. The Labute approximate surface area is 167 Å². The van der Waals surface area contributed by atoms with Crippen LogP contribution in [0.4, 0.5) is 0 Å². The molecule has 0 unspecified atom stereocenters. The Morgan fingerprint density at radius 2 is 0.821 bits per heavy atom. The molecule has 0 aromatic heterocycles. The van der Waals surface area contributed by atoms with Crippen LogP contribution in [0, 0.1) is 0 Å². The van der Waals surface area contributed by atoms with Crippen LogP contribution in [0.25, 0.3) is 0 Å². The number of methoxy groups -OCH3 is 3. The lowest BCUT2D eigenvalue weighted by Crippen LogP contribution is -2.29. The van der Waals surface area contributed by atoms with Crippen LogP contribution in [0.5, 0.6) is 17.2 Å². The lowest BCUT2D eigenvalue weighted by molar-refractivity contribution is 0.415. The van der Waals surface area contributed by atoms with E-state index >= 15 is 0 Å². The molecular weight excluding hydrogens is 367 g/mol. The van der Waals surface area contributed by atoms with Crippen molar-refractivity contribution in [1.29, 1.82) is 0 Å². The molecule has 0 spiro atoms. The summed E-state index contributed by atoms with van der Waals surface area (Å²) in [5, 5.41) is 3.80. The average molecular weight is 393 g/mol. The van der Waals surface area contributed by atoms with Crippen LogP contribution >= 0.6 is 7.26 Å². The highest BCUT2D eigenvalue weighted by Gasteiger charge is 2.43. The van der Waals surface area contributed by atoms with Gasteiger partial charge >= 0.3 is 0 Å². The van der Waals surface area contributed by atoms with Gasteiger partial charge in [-0.25, -0.2) is 0 Å². The van der Waals surface area contributed by atoms with Crippen molar-refractivity contribution in [2.75, 3.05) is 21.3 Å². The molecule has 3 rings (SSSR count). The molecule has 0 fully saturated rings. The zero-order chi connectivity index (χ0) is 20.0. The number of allylic oxidation sites excluding steroid dienone is 1. The normalized spacial score (nSPS) is 11.4. The van der Waals surface area contributed by atoms with Crippen LogP contribution in [-0.4, -0.2) is 21.3 Å². The molecule has 144 valence electrons. The minimum absolute atomic E-state index is 0.854. The highest BCUT2D eigenvalue weighted by atomic mass is 31.2. The topological polar surface area (TPSA) is 27.7 Å². The van der Waals surface area contributed by atoms with Gasteiger partial charge in [0.1, 0.15) is 40.4 Å². The van der Waals surface area contributed by atoms with Crippen molar-refractivity contribution in [3.05, 3.63) is 84.7 Å². The number of hydrogen-bond acceptors (Lipinski definition) is 3. The molecule has 0 bridgehead atoms. The first-order valence-electron chi connectivity index (χ1n) is 9.14. The second-order valence-corrected chi connectivity index (χ2v) is 9.59. The Morgan fingerprint density at radius 1 is 0.536 bits per heavy atom. The summed E-state index contributed by atoms with van der Waals surface area (Å²) >= 11 is 0. The van der Waals surface area contributed by atoms with Gasteiger partial charge in [-0.05, 0) is 79.7 Å². The van der Waals surface area contributed by atoms with Crippen LogP contribution in [0.1, 0.15) is 6.92 Å². The summed E-state index contributed by atoms with van der Waals surface area (Å²) in [6.07, 6.45) is 2.15. The van der Waals surface area contributed by atoms with E-state index in [9.17, 15) is 0 Å². The molecule has 0 aliphatic rings. The van der Waals surface area contributed by atoms with Gasteiger partial charge in [-0.1, -0.05) is 6.08 Å². The van der Waals surface area contributed by atoms with Crippen LogP contribution in [0.3, 0.4) is 0 Å². The van der Waals surface area contributed by atoms with E-state index in [1.54, 1.807) is 21.3 Å². The van der Waals surface area contributed by atoms with Crippen molar-refractivity contribution < 1.29 is 14.2 Å². The molecule has 4 heteroatoms. The first-order valence-corrected chi connectivity index (χ1v) is 11.0. The lowest BCUT2D eigenvalue weighted by Gasteiger charge is -2.24. The molecule has 3 aromatic rings. The fourth-order valence-electron chi connectivity index (χ4n) is 3.38. The zero-order valence-corrected chi connectivity index (χ0v) is 17.6. The Balaban J connectivity index is 2.26. The van der Waals surface area contributed by atoms with E-state index in [-0.39, 0.29) is 0 Å². The maximum atomic E-state index is 5.38. The molecule has 0 aliphatic heterocycles. The van der Waals surface area contributed by atoms with Gasteiger partial charge in [0, 0.05) is 0 Å². The van der Waals surface area contributed by atoms with Gasteiger partial charge in [-0.2, -0.15) is 0 Å². The highest BCUT2D eigenvalue weighted by molar-refractivity contribution is 7.98. The molecule has 0 amide bonds. The third kappa shape index (κ3) is 3.76. The minimum atomic E-state index is -1.99. The molecule has 0 radical (unpaired) electrons. The second kappa shape index (κ2) is 8.95. The van der Waals surface area contributed by atoms with E-state index in [0.717, 1.165) is 17.2 Å². The molecule has 3 aromatic carbocycles. The van der Waals surface area contributed by atoms with Gasteiger partial charge in [0.2, 0.25) is 0 Å². The van der Waals surface area contributed by atoms with Gasteiger partial charge in [-0.15, -0.1) is 0 Å². The van der Waals surface area contributed by atoms with Gasteiger partial charge < -0.3 is 14.2 Å². The fourth-order valence-corrected chi connectivity index (χ4v) is 7.10. The number of ether oxygens (including phenoxy) is 3. The Morgan fingerprint density at radius 3 is 1.04 bits per heavy atom. The molecule has 0 atom stereocenters. The van der Waals surface area contributed by atoms with E-state index in [0.29, 0.717) is 0 Å². The van der Waals surface area contributed by atoms with Crippen molar-refractivity contribution in [2.24, 2.45) is 0 Å². The standard InChI is InChI=1S/C24H26O3P/c1-5-18-28(22-12-6-19(25-2)7-13-22,23-14-8-20(26-3)9-15-23)24-16-10-21(27-4)11-17-24/h5-18H,1-4H3/q+1/b18-5+. The zero-order valence-electron chi connectivity index (χ0n) is 16.8. The van der Waals surface area contributed by atoms with Gasteiger partial charge in [-0.3, -0.25) is 0 Å². The molecular formula is C24H26O3P+. The van der Waals surface area contributed by atoms with Gasteiger partial charge in [0.25, 0.3) is 0 Å². The molecule has 28 heavy (non-hydrogen) atoms. The Hall–Kier alpha value is -2.77. The van der Waals surface area contributed by atoms with Gasteiger partial charge in [0.05, 0.1) is 27.1 Å². The third-order valence-corrected chi connectivity index (χ3v) is 8.90. The van der Waals surface area contributed by atoms with Crippen LogP contribution < -0.4 is 30.1 Å². The molecule has 3 nitrogen and oxygen atoms in total. The summed E-state index contributed by atoms with van der Waals surface area (Å²) in [5.74, 6) is 4.91. The van der Waals surface area contributed by atoms with E-state index in [1.165, 1.54) is 15.9 Å². The first-order chi connectivity index (χ1) is 13.7. The van der Waals surface area contributed by atoms with E-state index in [4.69, 9.17) is 14.2 Å². The summed E-state index contributed by atoms with van der Waals surface area (Å²) in [7, 11) is 3.08. The van der Waals surface area contributed by atoms with Crippen molar-refractivity contribution in [3.8, 4) is 17.2 Å². The smallest absolute Gasteiger partial charge is 0.136 e. The van der Waals surface area contributed by atoms with E-state index in [2.05, 4.69) is 55.2 Å². The van der Waals surface area contributed by atoms with Gasteiger partial charge in [0.15, 0.2) is 0 Å². The molecule has 0 heterocycles. The third-order valence-electron chi connectivity index (χ3n) is 4.81. The predicted molar refractivity (Wildman–Crippen MR) is 120 cm³/mol. The molecule has 0 saturated heterocycles. The minimum Gasteiger partial charge on any atom is -0.497 e. The SMILES string of the molecule is C/C=C/[P+](c1ccc(OC)cc1)(c1ccc(OC)cc1)c1ccc(OC)cc1. The van der Waals surface area contributed by atoms with Crippen LogP contribution in [-0.2, 0) is 0 Å². The average Bonchev–Trinajstić information content (AvgIpc) is 2.78. The second-order valence-electron chi connectivity index (χ2n) is 6.30. The largest absolute Gasteiger partial charge is 0.497 e. The first kappa shape index (κ1) is 20.0. The quantitative estimate of drug-likeness (QED) is 0.552. The summed E-state index contributed by atoms with van der Waals surface area (Å²) in [6, 6.07) is 25.2.